The normalized spacial score (nSPS) is 10.4. The van der Waals surface area contributed by atoms with Crippen molar-refractivity contribution in [3.05, 3.63) is 41.9 Å². The number of aryl methyl sites for hydroxylation is 1. The molecular formula is C10H12N4. The van der Waals surface area contributed by atoms with Crippen LogP contribution in [0.4, 0.5) is 5.82 Å². The SMILES string of the molecule is Cc1cnn(Cc2ccnc(N)c2)c1. The number of pyridine rings is 1. The van der Waals surface area contributed by atoms with E-state index in [0.717, 1.165) is 17.7 Å². The molecular weight excluding hydrogens is 176 g/mol. The first-order valence-electron chi connectivity index (χ1n) is 4.43. The van der Waals surface area contributed by atoms with Crippen molar-refractivity contribution < 1.29 is 0 Å². The van der Waals surface area contributed by atoms with E-state index in [1.54, 1.807) is 6.20 Å². The Morgan fingerprint density at radius 2 is 2.36 bits per heavy atom. The number of anilines is 1. The van der Waals surface area contributed by atoms with Gasteiger partial charge in [-0.3, -0.25) is 4.68 Å². The number of hydrogen-bond donors (Lipinski definition) is 1. The Morgan fingerprint density at radius 1 is 1.50 bits per heavy atom. The zero-order valence-electron chi connectivity index (χ0n) is 8.01. The molecule has 0 fully saturated rings. The van der Waals surface area contributed by atoms with Gasteiger partial charge in [-0.05, 0) is 30.2 Å². The highest BCUT2D eigenvalue weighted by Gasteiger charge is 1.97. The first-order valence-corrected chi connectivity index (χ1v) is 4.43. The van der Waals surface area contributed by atoms with Gasteiger partial charge in [0.2, 0.25) is 0 Å². The van der Waals surface area contributed by atoms with Crippen molar-refractivity contribution in [2.24, 2.45) is 0 Å². The lowest BCUT2D eigenvalue weighted by Crippen LogP contribution is -2.01. The minimum atomic E-state index is 0.548. The molecule has 0 aromatic carbocycles. The van der Waals surface area contributed by atoms with E-state index in [9.17, 15) is 0 Å². The molecule has 2 aromatic heterocycles. The second-order valence-electron chi connectivity index (χ2n) is 3.30. The van der Waals surface area contributed by atoms with E-state index in [1.807, 2.05) is 36.1 Å². The van der Waals surface area contributed by atoms with Crippen molar-refractivity contribution >= 4 is 5.82 Å². The smallest absolute Gasteiger partial charge is 0.123 e. The summed E-state index contributed by atoms with van der Waals surface area (Å²) in [7, 11) is 0. The molecule has 0 saturated heterocycles. The quantitative estimate of drug-likeness (QED) is 0.770. The van der Waals surface area contributed by atoms with E-state index in [0.29, 0.717) is 5.82 Å². The Bertz CT molecular complexity index is 433. The third-order valence-corrected chi connectivity index (χ3v) is 1.95. The van der Waals surface area contributed by atoms with Crippen LogP contribution in [0.25, 0.3) is 0 Å². The number of nitrogens with zero attached hydrogens (tertiary/aromatic N) is 3. The highest BCUT2D eigenvalue weighted by Crippen LogP contribution is 2.05. The van der Waals surface area contributed by atoms with Crippen molar-refractivity contribution in [2.75, 3.05) is 5.73 Å². The van der Waals surface area contributed by atoms with E-state index in [-0.39, 0.29) is 0 Å². The van der Waals surface area contributed by atoms with Gasteiger partial charge in [-0.15, -0.1) is 0 Å². The molecule has 72 valence electrons. The summed E-state index contributed by atoms with van der Waals surface area (Å²) in [6.07, 6.45) is 5.54. The van der Waals surface area contributed by atoms with Crippen LogP contribution in [0.2, 0.25) is 0 Å². The fraction of sp³-hybridized carbons (Fsp3) is 0.200. The monoisotopic (exact) mass is 188 g/mol. The lowest BCUT2D eigenvalue weighted by molar-refractivity contribution is 0.686. The maximum Gasteiger partial charge on any atom is 0.123 e. The molecule has 0 aliphatic rings. The lowest BCUT2D eigenvalue weighted by atomic mass is 10.2. The predicted molar refractivity (Wildman–Crippen MR) is 54.7 cm³/mol. The van der Waals surface area contributed by atoms with Crippen LogP contribution in [0.15, 0.2) is 30.7 Å². The maximum atomic E-state index is 5.58. The summed E-state index contributed by atoms with van der Waals surface area (Å²) in [5.74, 6) is 0.548. The van der Waals surface area contributed by atoms with Gasteiger partial charge in [0.25, 0.3) is 0 Å². The summed E-state index contributed by atoms with van der Waals surface area (Å²) in [5.41, 5.74) is 7.85. The number of nitrogens with two attached hydrogens (primary N) is 1. The van der Waals surface area contributed by atoms with Gasteiger partial charge in [0, 0.05) is 12.4 Å². The van der Waals surface area contributed by atoms with Crippen LogP contribution in [0.1, 0.15) is 11.1 Å². The largest absolute Gasteiger partial charge is 0.384 e. The third kappa shape index (κ3) is 1.90. The molecule has 0 unspecified atom stereocenters. The van der Waals surface area contributed by atoms with Crippen molar-refractivity contribution in [1.29, 1.82) is 0 Å². The van der Waals surface area contributed by atoms with Gasteiger partial charge in [-0.1, -0.05) is 0 Å². The predicted octanol–water partition coefficient (Wildman–Crippen LogP) is 1.22. The van der Waals surface area contributed by atoms with E-state index >= 15 is 0 Å². The highest BCUT2D eigenvalue weighted by atomic mass is 15.3. The van der Waals surface area contributed by atoms with Crippen LogP contribution in [0.5, 0.6) is 0 Å². The van der Waals surface area contributed by atoms with Gasteiger partial charge in [-0.25, -0.2) is 4.98 Å². The topological polar surface area (TPSA) is 56.7 Å². The highest BCUT2D eigenvalue weighted by molar-refractivity contribution is 5.31. The van der Waals surface area contributed by atoms with Crippen LogP contribution >= 0.6 is 0 Å². The molecule has 0 amide bonds. The lowest BCUT2D eigenvalue weighted by Gasteiger charge is -2.01. The minimum absolute atomic E-state index is 0.548. The summed E-state index contributed by atoms with van der Waals surface area (Å²) >= 11 is 0. The minimum Gasteiger partial charge on any atom is -0.384 e. The second-order valence-corrected chi connectivity index (χ2v) is 3.30. The summed E-state index contributed by atoms with van der Waals surface area (Å²) in [6.45, 7) is 2.75. The van der Waals surface area contributed by atoms with E-state index in [4.69, 9.17) is 5.73 Å². The van der Waals surface area contributed by atoms with Crippen molar-refractivity contribution in [2.45, 2.75) is 13.5 Å². The van der Waals surface area contributed by atoms with Crippen molar-refractivity contribution in [1.82, 2.24) is 14.8 Å². The number of hydrogen-bond acceptors (Lipinski definition) is 3. The van der Waals surface area contributed by atoms with Crippen molar-refractivity contribution in [3.63, 3.8) is 0 Å². The van der Waals surface area contributed by atoms with Crippen LogP contribution in [-0.2, 0) is 6.54 Å². The summed E-state index contributed by atoms with van der Waals surface area (Å²) in [6, 6.07) is 3.80. The molecule has 2 aromatic rings. The van der Waals surface area contributed by atoms with Gasteiger partial charge in [0.15, 0.2) is 0 Å². The molecule has 4 nitrogen and oxygen atoms in total. The standard InChI is InChI=1S/C10H12N4/c1-8-5-13-14(6-8)7-9-2-3-12-10(11)4-9/h2-6H,7H2,1H3,(H2,11,12). The molecule has 0 aliphatic carbocycles. The average Bonchev–Trinajstić information content (AvgIpc) is 2.51. The molecule has 0 atom stereocenters. The van der Waals surface area contributed by atoms with Gasteiger partial charge in [0.1, 0.15) is 5.82 Å². The zero-order chi connectivity index (χ0) is 9.97. The Hall–Kier alpha value is -1.84. The number of rotatable bonds is 2. The first-order chi connectivity index (χ1) is 6.74. The molecule has 2 N–H and O–H groups in total. The molecule has 0 bridgehead atoms. The van der Waals surface area contributed by atoms with Crippen LogP contribution < -0.4 is 5.73 Å². The molecule has 0 radical (unpaired) electrons. The van der Waals surface area contributed by atoms with Crippen LogP contribution in [-0.4, -0.2) is 14.8 Å². The van der Waals surface area contributed by atoms with Crippen LogP contribution in [0.3, 0.4) is 0 Å². The Balaban J connectivity index is 2.18. The maximum absolute atomic E-state index is 5.58. The summed E-state index contributed by atoms with van der Waals surface area (Å²) in [4.78, 5) is 3.93. The molecule has 2 rings (SSSR count). The van der Waals surface area contributed by atoms with Gasteiger partial charge in [-0.2, -0.15) is 5.10 Å². The Morgan fingerprint density at radius 3 is 3.00 bits per heavy atom. The molecule has 14 heavy (non-hydrogen) atoms. The van der Waals surface area contributed by atoms with Gasteiger partial charge in [0.05, 0.1) is 12.7 Å². The van der Waals surface area contributed by atoms with Gasteiger partial charge >= 0.3 is 0 Å². The fourth-order valence-corrected chi connectivity index (χ4v) is 1.33. The number of aromatic nitrogens is 3. The third-order valence-electron chi connectivity index (χ3n) is 1.95. The molecule has 2 heterocycles. The second kappa shape index (κ2) is 3.49. The molecule has 4 heteroatoms. The average molecular weight is 188 g/mol. The number of nitrogen functional groups attached to an aromatic ring is 1. The first kappa shape index (κ1) is 8.74. The summed E-state index contributed by atoms with van der Waals surface area (Å²) in [5, 5.41) is 4.20. The summed E-state index contributed by atoms with van der Waals surface area (Å²) < 4.78 is 1.88. The zero-order valence-corrected chi connectivity index (χ0v) is 8.01. The van der Waals surface area contributed by atoms with Crippen LogP contribution in [0, 0.1) is 6.92 Å². The van der Waals surface area contributed by atoms with Crippen molar-refractivity contribution in [3.8, 4) is 0 Å². The molecule has 0 spiro atoms. The van der Waals surface area contributed by atoms with E-state index in [1.165, 1.54) is 0 Å². The van der Waals surface area contributed by atoms with Gasteiger partial charge < -0.3 is 5.73 Å². The molecule has 0 saturated carbocycles. The Labute approximate surface area is 82.4 Å². The fourth-order valence-electron chi connectivity index (χ4n) is 1.33. The Kier molecular flexibility index (Phi) is 2.18. The molecule has 0 aliphatic heterocycles. The van der Waals surface area contributed by atoms with E-state index in [2.05, 4.69) is 10.1 Å². The van der Waals surface area contributed by atoms with E-state index < -0.39 is 0 Å².